The van der Waals surface area contributed by atoms with Crippen molar-refractivity contribution in [1.29, 1.82) is 0 Å². The summed E-state index contributed by atoms with van der Waals surface area (Å²) in [5.74, 6) is -1.55. The summed E-state index contributed by atoms with van der Waals surface area (Å²) in [5, 5.41) is 0.353. The first-order valence-corrected chi connectivity index (χ1v) is 9.22. The number of aromatic nitrogens is 2. The van der Waals surface area contributed by atoms with E-state index in [4.69, 9.17) is 0 Å². The third-order valence-corrected chi connectivity index (χ3v) is 4.26. The Balaban J connectivity index is 1.98. The predicted octanol–water partition coefficient (Wildman–Crippen LogP) is 3.08. The van der Waals surface area contributed by atoms with Gasteiger partial charge in [0.1, 0.15) is 11.6 Å². The fraction of sp³-hybridized carbons (Fsp3) is 0.286. The largest absolute Gasteiger partial charge is 0.344 e. The van der Waals surface area contributed by atoms with Crippen molar-refractivity contribution in [2.75, 3.05) is 23.9 Å². The zero-order valence-electron chi connectivity index (χ0n) is 16.4. The molecular formula is C21H22F2N4O2. The standard InChI is InChI=1S/C21H22F2N4O2/c1-13(2)12-26(3)21-24-18-7-5-4-6-17(18)20(29)27(21)25-19(28)10-14-8-15(22)11-16(23)9-14/h4-9,11,13H,10,12H2,1-3H3,(H,25,28). The number of amides is 1. The molecule has 1 aromatic heterocycles. The van der Waals surface area contributed by atoms with Gasteiger partial charge in [-0.05, 0) is 35.7 Å². The van der Waals surface area contributed by atoms with E-state index in [1.807, 2.05) is 13.8 Å². The van der Waals surface area contributed by atoms with Gasteiger partial charge in [0.25, 0.3) is 5.56 Å². The second-order valence-corrected chi connectivity index (χ2v) is 7.33. The lowest BCUT2D eigenvalue weighted by Gasteiger charge is -2.24. The lowest BCUT2D eigenvalue weighted by molar-refractivity contribution is -0.116. The monoisotopic (exact) mass is 400 g/mol. The quantitative estimate of drug-likeness (QED) is 0.691. The maximum Gasteiger partial charge on any atom is 0.281 e. The maximum absolute atomic E-state index is 13.4. The number of nitrogens with zero attached hydrogens (tertiary/aromatic N) is 3. The van der Waals surface area contributed by atoms with Crippen LogP contribution in [0.2, 0.25) is 0 Å². The first-order chi connectivity index (χ1) is 13.7. The molecule has 0 aliphatic heterocycles. The van der Waals surface area contributed by atoms with Crippen LogP contribution in [-0.4, -0.2) is 29.2 Å². The van der Waals surface area contributed by atoms with Crippen LogP contribution < -0.4 is 15.9 Å². The van der Waals surface area contributed by atoms with Crippen LogP contribution in [0.15, 0.2) is 47.3 Å². The van der Waals surface area contributed by atoms with Crippen LogP contribution in [0.5, 0.6) is 0 Å². The number of anilines is 1. The number of para-hydroxylation sites is 1. The van der Waals surface area contributed by atoms with Crippen molar-refractivity contribution in [1.82, 2.24) is 9.66 Å². The van der Waals surface area contributed by atoms with Crippen molar-refractivity contribution >= 4 is 22.8 Å². The minimum Gasteiger partial charge on any atom is -0.344 e. The van der Waals surface area contributed by atoms with E-state index in [2.05, 4.69) is 10.4 Å². The van der Waals surface area contributed by atoms with Gasteiger partial charge in [0.15, 0.2) is 0 Å². The normalized spacial score (nSPS) is 11.1. The highest BCUT2D eigenvalue weighted by Gasteiger charge is 2.17. The molecule has 8 heteroatoms. The molecule has 0 radical (unpaired) electrons. The van der Waals surface area contributed by atoms with Gasteiger partial charge in [-0.3, -0.25) is 15.0 Å². The summed E-state index contributed by atoms with van der Waals surface area (Å²) in [4.78, 5) is 31.8. The summed E-state index contributed by atoms with van der Waals surface area (Å²) < 4.78 is 27.9. The molecule has 2 aromatic carbocycles. The number of rotatable bonds is 6. The SMILES string of the molecule is CC(C)CN(C)c1nc2ccccc2c(=O)n1NC(=O)Cc1cc(F)cc(F)c1. The molecule has 6 nitrogen and oxygen atoms in total. The fourth-order valence-electron chi connectivity index (χ4n) is 3.17. The number of fused-ring (bicyclic) bond motifs is 1. The Bertz CT molecular complexity index is 1090. The average molecular weight is 400 g/mol. The Morgan fingerprint density at radius 3 is 2.48 bits per heavy atom. The average Bonchev–Trinajstić information content (AvgIpc) is 2.62. The summed E-state index contributed by atoms with van der Waals surface area (Å²) in [7, 11) is 1.78. The molecule has 0 aliphatic rings. The van der Waals surface area contributed by atoms with Gasteiger partial charge in [-0.2, -0.15) is 4.68 Å². The minimum atomic E-state index is -0.769. The van der Waals surface area contributed by atoms with Gasteiger partial charge in [0.2, 0.25) is 11.9 Å². The number of benzene rings is 2. The topological polar surface area (TPSA) is 67.2 Å². The molecule has 1 amide bonds. The Morgan fingerprint density at radius 2 is 1.83 bits per heavy atom. The van der Waals surface area contributed by atoms with Crippen molar-refractivity contribution in [2.45, 2.75) is 20.3 Å². The molecule has 0 bridgehead atoms. The molecule has 0 aliphatic carbocycles. The van der Waals surface area contributed by atoms with E-state index in [0.717, 1.165) is 22.9 Å². The Hall–Kier alpha value is -3.29. The van der Waals surface area contributed by atoms with Crippen molar-refractivity contribution in [3.8, 4) is 0 Å². The van der Waals surface area contributed by atoms with Crippen LogP contribution in [0.25, 0.3) is 10.9 Å². The van der Waals surface area contributed by atoms with E-state index in [0.29, 0.717) is 23.4 Å². The van der Waals surface area contributed by atoms with Crippen LogP contribution in [0.4, 0.5) is 14.7 Å². The second-order valence-electron chi connectivity index (χ2n) is 7.33. The minimum absolute atomic E-state index is 0.166. The first-order valence-electron chi connectivity index (χ1n) is 9.22. The molecule has 1 heterocycles. The van der Waals surface area contributed by atoms with E-state index in [1.165, 1.54) is 0 Å². The lowest BCUT2D eigenvalue weighted by atomic mass is 10.1. The zero-order valence-corrected chi connectivity index (χ0v) is 16.4. The number of carbonyl (C=O) groups is 1. The third kappa shape index (κ3) is 4.77. The van der Waals surface area contributed by atoms with Gasteiger partial charge in [0, 0.05) is 19.7 Å². The number of hydrogen-bond donors (Lipinski definition) is 1. The molecular weight excluding hydrogens is 378 g/mol. The first kappa shape index (κ1) is 20.4. The molecule has 0 saturated heterocycles. The summed E-state index contributed by atoms with van der Waals surface area (Å²) in [6, 6.07) is 9.74. The molecule has 0 fully saturated rings. The molecule has 0 saturated carbocycles. The lowest BCUT2D eigenvalue weighted by Crippen LogP contribution is -2.39. The number of nitrogens with one attached hydrogen (secondary N) is 1. The van der Waals surface area contributed by atoms with Crippen LogP contribution in [0.1, 0.15) is 19.4 Å². The van der Waals surface area contributed by atoms with E-state index in [-0.39, 0.29) is 17.9 Å². The van der Waals surface area contributed by atoms with Gasteiger partial charge in [-0.25, -0.2) is 13.8 Å². The van der Waals surface area contributed by atoms with Gasteiger partial charge in [-0.15, -0.1) is 0 Å². The van der Waals surface area contributed by atoms with Gasteiger partial charge in [0.05, 0.1) is 17.3 Å². The fourth-order valence-corrected chi connectivity index (χ4v) is 3.17. The van der Waals surface area contributed by atoms with E-state index < -0.39 is 23.1 Å². The van der Waals surface area contributed by atoms with Gasteiger partial charge in [-0.1, -0.05) is 26.0 Å². The molecule has 29 heavy (non-hydrogen) atoms. The summed E-state index contributed by atoms with van der Waals surface area (Å²) in [6.45, 7) is 4.66. The Labute approximate surface area is 166 Å². The molecule has 0 spiro atoms. The van der Waals surface area contributed by atoms with E-state index >= 15 is 0 Å². The molecule has 152 valence electrons. The summed E-state index contributed by atoms with van der Waals surface area (Å²) >= 11 is 0. The number of halogens is 2. The van der Waals surface area contributed by atoms with E-state index in [1.54, 1.807) is 36.2 Å². The predicted molar refractivity (Wildman–Crippen MR) is 109 cm³/mol. The molecule has 1 N–H and O–H groups in total. The number of carbonyl (C=O) groups excluding carboxylic acids is 1. The molecule has 0 atom stereocenters. The molecule has 3 rings (SSSR count). The van der Waals surface area contributed by atoms with Crippen LogP contribution in [0, 0.1) is 17.6 Å². The van der Waals surface area contributed by atoms with Crippen molar-refractivity contribution in [3.05, 3.63) is 70.0 Å². The van der Waals surface area contributed by atoms with E-state index in [9.17, 15) is 18.4 Å². The van der Waals surface area contributed by atoms with Gasteiger partial charge >= 0.3 is 0 Å². The highest BCUT2D eigenvalue weighted by molar-refractivity contribution is 5.87. The Morgan fingerprint density at radius 1 is 1.17 bits per heavy atom. The van der Waals surface area contributed by atoms with Crippen LogP contribution in [-0.2, 0) is 11.2 Å². The smallest absolute Gasteiger partial charge is 0.281 e. The number of hydrogen-bond acceptors (Lipinski definition) is 4. The van der Waals surface area contributed by atoms with Crippen LogP contribution >= 0.6 is 0 Å². The van der Waals surface area contributed by atoms with Crippen molar-refractivity contribution < 1.29 is 13.6 Å². The Kier molecular flexibility index (Phi) is 5.91. The second kappa shape index (κ2) is 8.38. The van der Waals surface area contributed by atoms with Crippen molar-refractivity contribution in [2.24, 2.45) is 5.92 Å². The maximum atomic E-state index is 13.4. The summed E-state index contributed by atoms with van der Waals surface area (Å²) in [5.41, 5.74) is 2.78. The summed E-state index contributed by atoms with van der Waals surface area (Å²) in [6.07, 6.45) is -0.290. The van der Waals surface area contributed by atoms with Gasteiger partial charge < -0.3 is 4.90 Å². The zero-order chi connectivity index (χ0) is 21.1. The molecule has 3 aromatic rings. The third-order valence-electron chi connectivity index (χ3n) is 4.26. The van der Waals surface area contributed by atoms with Crippen molar-refractivity contribution in [3.63, 3.8) is 0 Å². The highest BCUT2D eigenvalue weighted by Crippen LogP contribution is 2.15. The molecule has 0 unspecified atom stereocenters. The van der Waals surface area contributed by atoms with Crippen LogP contribution in [0.3, 0.4) is 0 Å². The highest BCUT2D eigenvalue weighted by atomic mass is 19.1.